The van der Waals surface area contributed by atoms with Gasteiger partial charge in [-0.1, -0.05) is 12.1 Å². The van der Waals surface area contributed by atoms with Gasteiger partial charge in [-0.05, 0) is 18.1 Å². The first kappa shape index (κ1) is 16.1. The van der Waals surface area contributed by atoms with Crippen molar-refractivity contribution in [2.24, 2.45) is 5.92 Å². The van der Waals surface area contributed by atoms with Crippen LogP contribution in [0.1, 0.15) is 15.2 Å². The Morgan fingerprint density at radius 1 is 1.28 bits per heavy atom. The molecule has 2 aromatic rings. The van der Waals surface area contributed by atoms with Crippen LogP contribution in [0, 0.1) is 5.92 Å². The number of hydrogen-bond acceptors (Lipinski definition) is 6. The van der Waals surface area contributed by atoms with Crippen LogP contribution in [0.3, 0.4) is 0 Å². The second-order valence-corrected chi connectivity index (χ2v) is 6.87. The summed E-state index contributed by atoms with van der Waals surface area (Å²) in [6.07, 6.45) is 0.842. The molecule has 0 unspecified atom stereocenters. The number of carbonyl (C=O) groups excluding carboxylic acids is 1. The first-order valence-electron chi connectivity index (χ1n) is 8.20. The minimum absolute atomic E-state index is 0.131. The number of ether oxygens (including phenoxy) is 4. The SMILES string of the molecule is COc1cccc2c1OC[C@H](CNC(=O)c1scc3c1OCCO3)C2. The Morgan fingerprint density at radius 3 is 3.04 bits per heavy atom. The summed E-state index contributed by atoms with van der Waals surface area (Å²) in [5.74, 6) is 2.87. The average molecular weight is 361 g/mol. The maximum absolute atomic E-state index is 12.5. The van der Waals surface area contributed by atoms with Crippen molar-refractivity contribution in [2.45, 2.75) is 6.42 Å². The van der Waals surface area contributed by atoms with Crippen LogP contribution in [0.5, 0.6) is 23.0 Å². The molecule has 1 N–H and O–H groups in total. The molecule has 0 bridgehead atoms. The third kappa shape index (κ3) is 3.11. The van der Waals surface area contributed by atoms with Crippen LogP contribution in [0.15, 0.2) is 23.6 Å². The number of fused-ring (bicyclic) bond motifs is 2. The molecule has 6 nitrogen and oxygen atoms in total. The topological polar surface area (TPSA) is 66.0 Å². The van der Waals surface area contributed by atoms with Gasteiger partial charge in [0.1, 0.15) is 18.1 Å². The molecule has 3 heterocycles. The van der Waals surface area contributed by atoms with Crippen molar-refractivity contribution in [3.63, 3.8) is 0 Å². The van der Waals surface area contributed by atoms with Gasteiger partial charge in [0, 0.05) is 17.8 Å². The van der Waals surface area contributed by atoms with Crippen molar-refractivity contribution in [2.75, 3.05) is 33.5 Å². The molecule has 2 aliphatic heterocycles. The summed E-state index contributed by atoms with van der Waals surface area (Å²) < 4.78 is 22.2. The van der Waals surface area contributed by atoms with Crippen molar-refractivity contribution < 1.29 is 23.7 Å². The predicted octanol–water partition coefficient (Wildman–Crippen LogP) is 2.51. The normalized spacial score (nSPS) is 18.0. The highest BCUT2D eigenvalue weighted by Crippen LogP contribution is 2.39. The van der Waals surface area contributed by atoms with Crippen molar-refractivity contribution in [3.05, 3.63) is 34.0 Å². The lowest BCUT2D eigenvalue weighted by atomic mass is 9.96. The second-order valence-electron chi connectivity index (χ2n) is 5.99. The fourth-order valence-electron chi connectivity index (χ4n) is 3.09. The molecule has 1 aromatic carbocycles. The van der Waals surface area contributed by atoms with Gasteiger partial charge in [-0.15, -0.1) is 11.3 Å². The van der Waals surface area contributed by atoms with E-state index in [0.717, 1.165) is 23.5 Å². The molecule has 7 heteroatoms. The maximum Gasteiger partial charge on any atom is 0.265 e. The molecule has 132 valence electrons. The van der Waals surface area contributed by atoms with Gasteiger partial charge in [0.25, 0.3) is 5.91 Å². The van der Waals surface area contributed by atoms with E-state index in [1.165, 1.54) is 11.3 Å². The number of benzene rings is 1. The lowest BCUT2D eigenvalue weighted by molar-refractivity contribution is 0.0933. The summed E-state index contributed by atoms with van der Waals surface area (Å²) in [4.78, 5) is 13.0. The van der Waals surface area contributed by atoms with Gasteiger partial charge in [-0.2, -0.15) is 0 Å². The molecule has 0 saturated carbocycles. The quantitative estimate of drug-likeness (QED) is 0.906. The molecule has 0 radical (unpaired) electrons. The highest BCUT2D eigenvalue weighted by molar-refractivity contribution is 7.12. The Bertz CT molecular complexity index is 788. The standard InChI is InChI=1S/C18H19NO5S/c1-21-13-4-2-3-12-7-11(9-24-15(12)13)8-19-18(20)17-16-14(10-25-17)22-5-6-23-16/h2-4,10-11H,5-9H2,1H3,(H,19,20)/t11-/m0/s1. The summed E-state index contributed by atoms with van der Waals surface area (Å²) in [5, 5.41) is 4.80. The summed E-state index contributed by atoms with van der Waals surface area (Å²) >= 11 is 1.34. The Balaban J connectivity index is 1.39. The lowest BCUT2D eigenvalue weighted by Crippen LogP contribution is -2.34. The number of carbonyl (C=O) groups is 1. The summed E-state index contributed by atoms with van der Waals surface area (Å²) in [6, 6.07) is 5.88. The summed E-state index contributed by atoms with van der Waals surface area (Å²) in [6.45, 7) is 2.09. The van der Waals surface area contributed by atoms with E-state index in [-0.39, 0.29) is 11.8 Å². The molecule has 1 atom stereocenters. The fourth-order valence-corrected chi connectivity index (χ4v) is 3.93. The number of rotatable bonds is 4. The van der Waals surface area contributed by atoms with Crippen LogP contribution in [0.25, 0.3) is 0 Å². The van der Waals surface area contributed by atoms with E-state index in [2.05, 4.69) is 5.32 Å². The molecule has 0 aliphatic carbocycles. The number of hydrogen-bond donors (Lipinski definition) is 1. The Labute approximate surface area is 149 Å². The Morgan fingerprint density at radius 2 is 2.16 bits per heavy atom. The van der Waals surface area contributed by atoms with Gasteiger partial charge >= 0.3 is 0 Å². The molecule has 0 spiro atoms. The number of para-hydroxylation sites is 1. The van der Waals surface area contributed by atoms with Crippen LogP contribution in [-0.2, 0) is 6.42 Å². The summed E-state index contributed by atoms with van der Waals surface area (Å²) in [5.41, 5.74) is 1.11. The fraction of sp³-hybridized carbons (Fsp3) is 0.389. The number of methoxy groups -OCH3 is 1. The van der Waals surface area contributed by atoms with Crippen LogP contribution in [-0.4, -0.2) is 39.4 Å². The molecule has 0 fully saturated rings. The molecule has 0 saturated heterocycles. The average Bonchev–Trinajstić information content (AvgIpc) is 3.09. The van der Waals surface area contributed by atoms with E-state index in [4.69, 9.17) is 18.9 Å². The van der Waals surface area contributed by atoms with Crippen molar-refractivity contribution in [1.29, 1.82) is 0 Å². The van der Waals surface area contributed by atoms with Crippen molar-refractivity contribution in [1.82, 2.24) is 5.32 Å². The minimum Gasteiger partial charge on any atom is -0.493 e. The van der Waals surface area contributed by atoms with Crippen molar-refractivity contribution in [3.8, 4) is 23.0 Å². The van der Waals surface area contributed by atoms with E-state index < -0.39 is 0 Å². The molecule has 25 heavy (non-hydrogen) atoms. The van der Waals surface area contributed by atoms with Gasteiger partial charge in [0.15, 0.2) is 23.0 Å². The number of nitrogens with one attached hydrogen (secondary N) is 1. The first-order chi connectivity index (χ1) is 12.3. The predicted molar refractivity (Wildman–Crippen MR) is 93.3 cm³/mol. The van der Waals surface area contributed by atoms with Gasteiger partial charge in [0.2, 0.25) is 0 Å². The van der Waals surface area contributed by atoms with Gasteiger partial charge in [-0.3, -0.25) is 4.79 Å². The zero-order chi connectivity index (χ0) is 17.2. The monoisotopic (exact) mass is 361 g/mol. The zero-order valence-electron chi connectivity index (χ0n) is 13.9. The van der Waals surface area contributed by atoms with Crippen LogP contribution < -0.4 is 24.3 Å². The zero-order valence-corrected chi connectivity index (χ0v) is 14.7. The summed E-state index contributed by atoms with van der Waals surface area (Å²) in [7, 11) is 1.64. The van der Waals surface area contributed by atoms with Gasteiger partial charge < -0.3 is 24.3 Å². The highest BCUT2D eigenvalue weighted by Gasteiger charge is 2.26. The molecule has 4 rings (SSSR count). The molecule has 1 amide bonds. The minimum atomic E-state index is -0.131. The second kappa shape index (κ2) is 6.84. The smallest absolute Gasteiger partial charge is 0.265 e. The van der Waals surface area contributed by atoms with E-state index in [0.29, 0.717) is 42.7 Å². The molecular formula is C18H19NO5S. The lowest BCUT2D eigenvalue weighted by Gasteiger charge is -2.26. The molecule has 1 aromatic heterocycles. The van der Waals surface area contributed by atoms with Crippen LogP contribution >= 0.6 is 11.3 Å². The van der Waals surface area contributed by atoms with Crippen LogP contribution in [0.2, 0.25) is 0 Å². The van der Waals surface area contributed by atoms with Crippen LogP contribution in [0.4, 0.5) is 0 Å². The largest absolute Gasteiger partial charge is 0.493 e. The Hall–Kier alpha value is -2.41. The van der Waals surface area contributed by atoms with Crippen molar-refractivity contribution >= 4 is 17.2 Å². The van der Waals surface area contributed by atoms with Gasteiger partial charge in [0.05, 0.1) is 13.7 Å². The molecule has 2 aliphatic rings. The molecular weight excluding hydrogens is 342 g/mol. The van der Waals surface area contributed by atoms with E-state index in [1.807, 2.05) is 23.6 Å². The van der Waals surface area contributed by atoms with E-state index in [9.17, 15) is 4.79 Å². The third-order valence-corrected chi connectivity index (χ3v) is 5.25. The van der Waals surface area contributed by atoms with E-state index >= 15 is 0 Å². The Kier molecular flexibility index (Phi) is 4.40. The number of amides is 1. The third-order valence-electron chi connectivity index (χ3n) is 4.31. The van der Waals surface area contributed by atoms with Gasteiger partial charge in [-0.25, -0.2) is 0 Å². The highest BCUT2D eigenvalue weighted by atomic mass is 32.1. The number of thiophene rings is 1. The van der Waals surface area contributed by atoms with E-state index in [1.54, 1.807) is 7.11 Å². The maximum atomic E-state index is 12.5. The first-order valence-corrected chi connectivity index (χ1v) is 9.08.